The van der Waals surface area contributed by atoms with Crippen molar-refractivity contribution in [2.45, 2.75) is 64.5 Å². The van der Waals surface area contributed by atoms with Gasteiger partial charge in [0.05, 0.1) is 5.92 Å². The Labute approximate surface area is 126 Å². The Kier molecular flexibility index (Phi) is 6.95. The highest BCUT2D eigenvalue weighted by Gasteiger charge is 2.29. The van der Waals surface area contributed by atoms with Crippen LogP contribution >= 0.6 is 0 Å². The molecule has 1 saturated heterocycles. The predicted octanol–water partition coefficient (Wildman–Crippen LogP) is 2.13. The number of aliphatic carboxylic acids is 1. The summed E-state index contributed by atoms with van der Waals surface area (Å²) in [5, 5.41) is 14.7. The SMILES string of the molecule is CC(CCCC(C)C(=O)O)NC(=O)NC1(C)CCOCC1. The van der Waals surface area contributed by atoms with Crippen LogP contribution in [-0.2, 0) is 9.53 Å². The zero-order chi connectivity index (χ0) is 15.9. The van der Waals surface area contributed by atoms with Crippen molar-refractivity contribution >= 4 is 12.0 Å². The maximum atomic E-state index is 12.0. The lowest BCUT2D eigenvalue weighted by Crippen LogP contribution is -2.54. The molecular weight excluding hydrogens is 272 g/mol. The lowest BCUT2D eigenvalue weighted by Gasteiger charge is -2.34. The minimum atomic E-state index is -0.763. The molecule has 0 aromatic heterocycles. The molecule has 1 heterocycles. The second kappa shape index (κ2) is 8.22. The van der Waals surface area contributed by atoms with Crippen LogP contribution in [0.25, 0.3) is 0 Å². The molecule has 1 aliphatic heterocycles. The van der Waals surface area contributed by atoms with Crippen molar-refractivity contribution in [3.05, 3.63) is 0 Å². The first kappa shape index (κ1) is 17.8. The molecule has 6 heteroatoms. The number of rotatable bonds is 7. The number of urea groups is 1. The Morgan fingerprint density at radius 1 is 1.24 bits per heavy atom. The van der Waals surface area contributed by atoms with Gasteiger partial charge in [-0.3, -0.25) is 4.79 Å². The monoisotopic (exact) mass is 300 g/mol. The third kappa shape index (κ3) is 6.80. The number of nitrogens with one attached hydrogen (secondary N) is 2. The molecule has 1 aliphatic rings. The number of ether oxygens (including phenoxy) is 1. The number of carbonyl (C=O) groups is 2. The first-order valence-electron chi connectivity index (χ1n) is 7.71. The van der Waals surface area contributed by atoms with Gasteiger partial charge in [0.2, 0.25) is 0 Å². The van der Waals surface area contributed by atoms with Gasteiger partial charge in [0.1, 0.15) is 0 Å². The van der Waals surface area contributed by atoms with E-state index in [2.05, 4.69) is 10.6 Å². The van der Waals surface area contributed by atoms with Crippen LogP contribution in [-0.4, -0.2) is 41.9 Å². The zero-order valence-corrected chi connectivity index (χ0v) is 13.3. The van der Waals surface area contributed by atoms with Gasteiger partial charge in [0.25, 0.3) is 0 Å². The third-order valence-electron chi connectivity index (χ3n) is 4.08. The van der Waals surface area contributed by atoms with Crippen molar-refractivity contribution in [1.82, 2.24) is 10.6 Å². The molecule has 0 aliphatic carbocycles. The van der Waals surface area contributed by atoms with E-state index in [0.717, 1.165) is 25.7 Å². The van der Waals surface area contributed by atoms with Gasteiger partial charge in [-0.05, 0) is 39.5 Å². The minimum absolute atomic E-state index is 0.0365. The number of carbonyl (C=O) groups excluding carboxylic acids is 1. The van der Waals surface area contributed by atoms with Gasteiger partial charge in [0, 0.05) is 24.8 Å². The number of hydrogen-bond donors (Lipinski definition) is 3. The average molecular weight is 300 g/mol. The van der Waals surface area contributed by atoms with E-state index in [0.29, 0.717) is 19.6 Å². The first-order chi connectivity index (χ1) is 9.82. The lowest BCUT2D eigenvalue weighted by atomic mass is 9.93. The van der Waals surface area contributed by atoms with Crippen molar-refractivity contribution in [3.8, 4) is 0 Å². The fraction of sp³-hybridized carbons (Fsp3) is 0.867. The van der Waals surface area contributed by atoms with Crippen LogP contribution in [0.3, 0.4) is 0 Å². The summed E-state index contributed by atoms with van der Waals surface area (Å²) in [4.78, 5) is 22.7. The highest BCUT2D eigenvalue weighted by Crippen LogP contribution is 2.19. The van der Waals surface area contributed by atoms with Crippen molar-refractivity contribution < 1.29 is 19.4 Å². The lowest BCUT2D eigenvalue weighted by molar-refractivity contribution is -0.141. The smallest absolute Gasteiger partial charge is 0.315 e. The van der Waals surface area contributed by atoms with E-state index < -0.39 is 5.97 Å². The van der Waals surface area contributed by atoms with E-state index >= 15 is 0 Å². The summed E-state index contributed by atoms with van der Waals surface area (Å²) >= 11 is 0. The standard InChI is InChI=1S/C15H28N2O4/c1-11(13(18)19)5-4-6-12(2)16-14(20)17-15(3)7-9-21-10-8-15/h11-12H,4-10H2,1-3H3,(H,18,19)(H2,16,17,20). The van der Waals surface area contributed by atoms with Crippen LogP contribution in [0.4, 0.5) is 4.79 Å². The molecular formula is C15H28N2O4. The molecule has 0 saturated carbocycles. The zero-order valence-electron chi connectivity index (χ0n) is 13.3. The highest BCUT2D eigenvalue weighted by atomic mass is 16.5. The van der Waals surface area contributed by atoms with E-state index in [1.165, 1.54) is 0 Å². The predicted molar refractivity (Wildman–Crippen MR) is 80.2 cm³/mol. The maximum Gasteiger partial charge on any atom is 0.315 e. The van der Waals surface area contributed by atoms with Gasteiger partial charge in [-0.15, -0.1) is 0 Å². The normalized spacial score (nSPS) is 20.3. The summed E-state index contributed by atoms with van der Waals surface area (Å²) in [5.41, 5.74) is -0.195. The van der Waals surface area contributed by atoms with Gasteiger partial charge in [-0.2, -0.15) is 0 Å². The van der Waals surface area contributed by atoms with Gasteiger partial charge < -0.3 is 20.5 Å². The largest absolute Gasteiger partial charge is 0.481 e. The van der Waals surface area contributed by atoms with Gasteiger partial charge >= 0.3 is 12.0 Å². The van der Waals surface area contributed by atoms with E-state index in [9.17, 15) is 9.59 Å². The van der Waals surface area contributed by atoms with Crippen LogP contribution in [0.5, 0.6) is 0 Å². The topological polar surface area (TPSA) is 87.7 Å². The van der Waals surface area contributed by atoms with Crippen molar-refractivity contribution in [2.24, 2.45) is 5.92 Å². The Morgan fingerprint density at radius 3 is 2.43 bits per heavy atom. The molecule has 3 N–H and O–H groups in total. The Bertz CT molecular complexity index is 354. The van der Waals surface area contributed by atoms with Gasteiger partial charge in [-0.1, -0.05) is 13.3 Å². The highest BCUT2D eigenvalue weighted by molar-refractivity contribution is 5.75. The second-order valence-corrected chi connectivity index (χ2v) is 6.34. The summed E-state index contributed by atoms with van der Waals surface area (Å²) in [6.45, 7) is 7.05. The molecule has 0 aromatic carbocycles. The van der Waals surface area contributed by atoms with E-state index in [4.69, 9.17) is 9.84 Å². The van der Waals surface area contributed by atoms with Gasteiger partial charge in [0.15, 0.2) is 0 Å². The molecule has 1 fully saturated rings. The minimum Gasteiger partial charge on any atom is -0.481 e. The van der Waals surface area contributed by atoms with Crippen molar-refractivity contribution in [2.75, 3.05) is 13.2 Å². The summed E-state index contributed by atoms with van der Waals surface area (Å²) in [6, 6.07) is -0.118. The first-order valence-corrected chi connectivity index (χ1v) is 7.71. The quantitative estimate of drug-likeness (QED) is 0.672. The maximum absolute atomic E-state index is 12.0. The van der Waals surface area contributed by atoms with Crippen LogP contribution < -0.4 is 10.6 Å². The molecule has 122 valence electrons. The Balaban J connectivity index is 2.22. The molecule has 1 rings (SSSR count). The van der Waals surface area contributed by atoms with Crippen molar-refractivity contribution in [1.29, 1.82) is 0 Å². The summed E-state index contributed by atoms with van der Waals surface area (Å²) in [6.07, 6.45) is 3.86. The Hall–Kier alpha value is -1.30. The molecule has 0 radical (unpaired) electrons. The van der Waals surface area contributed by atoms with Crippen LogP contribution in [0.1, 0.15) is 52.9 Å². The van der Waals surface area contributed by atoms with E-state index in [-0.39, 0.29) is 23.5 Å². The number of hydrogen-bond acceptors (Lipinski definition) is 3. The van der Waals surface area contributed by atoms with Crippen LogP contribution in [0.2, 0.25) is 0 Å². The fourth-order valence-corrected chi connectivity index (χ4v) is 2.41. The fourth-order valence-electron chi connectivity index (χ4n) is 2.41. The van der Waals surface area contributed by atoms with Crippen molar-refractivity contribution in [3.63, 3.8) is 0 Å². The molecule has 2 atom stereocenters. The molecule has 0 spiro atoms. The summed E-state index contributed by atoms with van der Waals surface area (Å²) in [5.74, 6) is -1.09. The van der Waals surface area contributed by atoms with E-state index in [1.54, 1.807) is 6.92 Å². The Morgan fingerprint density at radius 2 is 1.86 bits per heavy atom. The summed E-state index contributed by atoms with van der Waals surface area (Å²) < 4.78 is 5.30. The average Bonchev–Trinajstić information content (AvgIpc) is 2.38. The molecule has 0 aromatic rings. The van der Waals surface area contributed by atoms with Crippen LogP contribution in [0, 0.1) is 5.92 Å². The van der Waals surface area contributed by atoms with Crippen LogP contribution in [0.15, 0.2) is 0 Å². The molecule has 2 amide bonds. The second-order valence-electron chi connectivity index (χ2n) is 6.34. The summed E-state index contributed by atoms with van der Waals surface area (Å²) in [7, 11) is 0. The number of carboxylic acid groups (broad SMARTS) is 1. The number of carboxylic acids is 1. The van der Waals surface area contributed by atoms with Gasteiger partial charge in [-0.25, -0.2) is 4.79 Å². The molecule has 21 heavy (non-hydrogen) atoms. The third-order valence-corrected chi connectivity index (χ3v) is 4.08. The molecule has 0 bridgehead atoms. The van der Waals surface area contributed by atoms with E-state index in [1.807, 2.05) is 13.8 Å². The molecule has 2 unspecified atom stereocenters. The number of amides is 2. The molecule has 6 nitrogen and oxygen atoms in total.